The summed E-state index contributed by atoms with van der Waals surface area (Å²) in [7, 11) is -10.4. The summed E-state index contributed by atoms with van der Waals surface area (Å²) < 4.78 is 60.6. The molecule has 7 rings (SSSR count). The molecule has 0 bridgehead atoms. The number of rotatable bonds is 2. The second-order valence-corrected chi connectivity index (χ2v) is 13.2. The fourth-order valence-corrected chi connectivity index (χ4v) is 7.45. The van der Waals surface area contributed by atoms with Gasteiger partial charge in [-0.15, -0.1) is 0 Å². The third kappa shape index (κ3) is 5.65. The van der Waals surface area contributed by atoms with Crippen molar-refractivity contribution in [2.45, 2.75) is 55.8 Å². The Bertz CT molecular complexity index is 2030. The highest BCUT2D eigenvalue weighted by molar-refractivity contribution is 7.46. The van der Waals surface area contributed by atoms with Crippen LogP contribution in [0.3, 0.4) is 0 Å². The summed E-state index contributed by atoms with van der Waals surface area (Å²) in [5.74, 6) is -0.467. The van der Waals surface area contributed by atoms with Crippen LogP contribution in [0.25, 0.3) is 22.3 Å². The second-order valence-electron chi connectivity index (χ2n) is 10.5. The van der Waals surface area contributed by atoms with Gasteiger partial charge in [-0.1, -0.05) is 0 Å². The first-order chi connectivity index (χ1) is 21.8. The fourth-order valence-electron chi connectivity index (χ4n) is 5.56. The van der Waals surface area contributed by atoms with Gasteiger partial charge < -0.3 is 53.9 Å². The quantitative estimate of drug-likeness (QED) is 0.132. The maximum atomic E-state index is 13.0. The van der Waals surface area contributed by atoms with Gasteiger partial charge in [0.15, 0.2) is 28.6 Å². The highest BCUT2D eigenvalue weighted by Gasteiger charge is 2.49. The van der Waals surface area contributed by atoms with E-state index in [2.05, 4.69) is 29.9 Å². The highest BCUT2D eigenvalue weighted by Crippen LogP contribution is 2.50. The number of anilines is 2. The van der Waals surface area contributed by atoms with E-state index in [1.165, 1.54) is 10.9 Å². The zero-order valence-electron chi connectivity index (χ0n) is 23.1. The molecule has 4 unspecified atom stereocenters. The van der Waals surface area contributed by atoms with Gasteiger partial charge in [0, 0.05) is 12.8 Å². The van der Waals surface area contributed by atoms with E-state index in [1.807, 2.05) is 0 Å². The van der Waals surface area contributed by atoms with Crippen molar-refractivity contribution in [2.75, 3.05) is 24.7 Å². The highest BCUT2D eigenvalue weighted by atomic mass is 31.2. The number of nitrogens with one attached hydrogen (secondary N) is 2. The molecule has 3 saturated heterocycles. The molecular weight excluding hydrogens is 662 g/mol. The van der Waals surface area contributed by atoms with Crippen LogP contribution in [0, 0.1) is 0 Å². The Morgan fingerprint density at radius 3 is 2.15 bits per heavy atom. The molecular formula is C21H24N10O13P2-2. The number of phosphoric ester groups is 2. The minimum atomic E-state index is -5.18. The summed E-state index contributed by atoms with van der Waals surface area (Å²) in [6.07, 6.45) is -7.79. The Hall–Kier alpha value is -3.60. The molecule has 0 radical (unpaired) electrons. The summed E-state index contributed by atoms with van der Waals surface area (Å²) in [4.78, 5) is 70.9. The second kappa shape index (κ2) is 11.3. The smallest absolute Gasteiger partial charge is 0.280 e. The number of nitrogens with two attached hydrogens (primary N) is 2. The first-order valence-corrected chi connectivity index (χ1v) is 16.4. The average Bonchev–Trinajstić information content (AvgIpc) is 3.73. The molecule has 9 atom stereocenters. The van der Waals surface area contributed by atoms with Gasteiger partial charge in [0.25, 0.3) is 26.8 Å². The largest absolute Gasteiger partial charge is 0.756 e. The third-order valence-electron chi connectivity index (χ3n) is 7.54. The van der Waals surface area contributed by atoms with Crippen molar-refractivity contribution in [3.8, 4) is 0 Å². The van der Waals surface area contributed by atoms with E-state index >= 15 is 0 Å². The number of phosphoric acid groups is 2. The maximum Gasteiger partial charge on any atom is 0.280 e. The number of aromatic amines is 2. The Balaban J connectivity index is 1.15. The summed E-state index contributed by atoms with van der Waals surface area (Å²) in [5, 5.41) is 11.1. The van der Waals surface area contributed by atoms with Crippen LogP contribution in [-0.4, -0.2) is 87.9 Å². The first kappa shape index (κ1) is 31.0. The van der Waals surface area contributed by atoms with Crippen molar-refractivity contribution in [3.05, 3.63) is 33.4 Å². The minimum Gasteiger partial charge on any atom is -0.756 e. The number of imidazole rings is 2. The van der Waals surface area contributed by atoms with Crippen LogP contribution in [0.5, 0.6) is 0 Å². The molecule has 0 amide bonds. The lowest BCUT2D eigenvalue weighted by molar-refractivity contribution is -0.235. The van der Waals surface area contributed by atoms with Crippen molar-refractivity contribution in [2.24, 2.45) is 0 Å². The monoisotopic (exact) mass is 686 g/mol. The summed E-state index contributed by atoms with van der Waals surface area (Å²) in [6.45, 7) is -1.42. The molecule has 3 aliphatic heterocycles. The Labute approximate surface area is 254 Å². The number of hydrogen-bond donors (Lipinski definition) is 5. The molecule has 3 fully saturated rings. The number of aliphatic hydroxyl groups excluding tert-OH is 1. The van der Waals surface area contributed by atoms with Crippen LogP contribution < -0.4 is 32.4 Å². The lowest BCUT2D eigenvalue weighted by atomic mass is 10.1. The van der Waals surface area contributed by atoms with Gasteiger partial charge >= 0.3 is 0 Å². The molecule has 46 heavy (non-hydrogen) atoms. The number of H-pyrrole nitrogens is 2. The number of ether oxygens (including phenoxy) is 2. The van der Waals surface area contributed by atoms with E-state index in [-0.39, 0.29) is 47.1 Å². The van der Waals surface area contributed by atoms with Crippen molar-refractivity contribution in [1.82, 2.24) is 39.0 Å². The maximum absolute atomic E-state index is 13.0. The molecule has 248 valence electrons. The van der Waals surface area contributed by atoms with Crippen molar-refractivity contribution < 1.29 is 51.6 Å². The zero-order valence-corrected chi connectivity index (χ0v) is 24.9. The SMILES string of the molecule is Nc1nc2c(ncn2[C@@H]2O[C@H]3COP(=O)([O-])OC4C[C@H](n5cnc6c(=O)[nH]c(N)nc65)O[C@@H]4CCOP(=O)([O-])OC3[C@@H]2O)c(=O)[nH]1. The molecule has 0 spiro atoms. The predicted molar refractivity (Wildman–Crippen MR) is 145 cm³/mol. The Morgan fingerprint density at radius 1 is 0.870 bits per heavy atom. The number of nitrogen functional groups attached to an aromatic ring is 2. The van der Waals surface area contributed by atoms with Gasteiger partial charge in [-0.3, -0.25) is 37.8 Å². The fraction of sp³-hybridized carbons (Fsp3) is 0.524. The van der Waals surface area contributed by atoms with Gasteiger partial charge in [0.2, 0.25) is 11.9 Å². The molecule has 0 aliphatic carbocycles. The van der Waals surface area contributed by atoms with E-state index in [0.717, 1.165) is 10.9 Å². The molecule has 0 aromatic carbocycles. The van der Waals surface area contributed by atoms with Crippen molar-refractivity contribution in [1.29, 1.82) is 0 Å². The van der Waals surface area contributed by atoms with Gasteiger partial charge in [-0.25, -0.2) is 9.97 Å². The molecule has 7 N–H and O–H groups in total. The van der Waals surface area contributed by atoms with Crippen LogP contribution in [0.15, 0.2) is 22.2 Å². The lowest BCUT2D eigenvalue weighted by Crippen LogP contribution is -2.37. The van der Waals surface area contributed by atoms with E-state index < -0.39 is 83.0 Å². The van der Waals surface area contributed by atoms with Gasteiger partial charge in [0.05, 0.1) is 38.1 Å². The van der Waals surface area contributed by atoms with Gasteiger partial charge in [-0.2, -0.15) is 9.97 Å². The van der Waals surface area contributed by atoms with Crippen molar-refractivity contribution in [3.63, 3.8) is 0 Å². The van der Waals surface area contributed by atoms with E-state index in [0.29, 0.717) is 0 Å². The minimum absolute atomic E-state index is 0.0483. The van der Waals surface area contributed by atoms with Crippen LogP contribution >= 0.6 is 15.6 Å². The topological polar surface area (TPSA) is 335 Å². The molecule has 23 nitrogen and oxygen atoms in total. The van der Waals surface area contributed by atoms with E-state index in [9.17, 15) is 33.6 Å². The van der Waals surface area contributed by atoms with Crippen LogP contribution in [-0.2, 0) is 36.7 Å². The lowest BCUT2D eigenvalue weighted by Gasteiger charge is -2.30. The van der Waals surface area contributed by atoms with Gasteiger partial charge in [-0.05, 0) is 0 Å². The number of aromatic nitrogens is 8. The zero-order chi connectivity index (χ0) is 32.5. The van der Waals surface area contributed by atoms with Crippen LogP contribution in [0.1, 0.15) is 25.3 Å². The molecule has 4 aromatic rings. The summed E-state index contributed by atoms with van der Waals surface area (Å²) in [5.41, 5.74) is 9.72. The third-order valence-corrected chi connectivity index (χ3v) is 9.53. The standard InChI is InChI=1S/C21H26N10O13P2/c22-20-26-15-11(17(33)28-20)24-5-30(15)10-3-8-7(41-10)1-2-39-45(35,36)44-14-9(4-40-46(37,38)43-8)42-19(13(14)32)31-6-25-12-16(31)27-21(23)29-18(12)34/h5-10,13-14,19,32H,1-4H2,(H,35,36)(H,37,38)(H3,22,26,28,33)(H3,23,27,29,34)/p-2/t7-,8?,9+,10-,13+,14?,19-/m1/s1. The average molecular weight is 686 g/mol. The molecule has 0 saturated carbocycles. The number of aliphatic hydroxyl groups is 1. The number of hydrogen-bond acceptors (Lipinski definition) is 19. The molecule has 4 aromatic heterocycles. The summed E-state index contributed by atoms with van der Waals surface area (Å²) >= 11 is 0. The molecule has 7 heterocycles. The van der Waals surface area contributed by atoms with Crippen molar-refractivity contribution >= 4 is 49.9 Å². The van der Waals surface area contributed by atoms with Gasteiger partial charge in [0.1, 0.15) is 24.5 Å². The predicted octanol–water partition coefficient (Wildman–Crippen LogP) is -2.89. The Kier molecular flexibility index (Phi) is 7.61. The van der Waals surface area contributed by atoms with Crippen LogP contribution in [0.4, 0.5) is 11.9 Å². The Morgan fingerprint density at radius 2 is 1.48 bits per heavy atom. The van der Waals surface area contributed by atoms with E-state index in [1.54, 1.807) is 0 Å². The summed E-state index contributed by atoms with van der Waals surface area (Å²) in [6, 6.07) is 0. The number of fused-ring (bicyclic) bond motifs is 4. The van der Waals surface area contributed by atoms with E-state index in [4.69, 9.17) is 39.0 Å². The first-order valence-electron chi connectivity index (χ1n) is 13.5. The number of nitrogens with zero attached hydrogens (tertiary/aromatic N) is 6. The molecule has 3 aliphatic rings. The van der Waals surface area contributed by atoms with Crippen LogP contribution in [0.2, 0.25) is 0 Å². The molecule has 25 heteroatoms. The normalized spacial score (nSPS) is 35.8.